The molecule has 0 spiro atoms. The Balaban J connectivity index is 1.19. The van der Waals surface area contributed by atoms with E-state index >= 15 is 0 Å². The van der Waals surface area contributed by atoms with Gasteiger partial charge in [0.2, 0.25) is 5.78 Å². The molecule has 6 aromatic carbocycles. The van der Waals surface area contributed by atoms with E-state index in [0.717, 1.165) is 44.5 Å². The van der Waals surface area contributed by atoms with Crippen LogP contribution in [-0.4, -0.2) is 0 Å². The predicted octanol–water partition coefficient (Wildman–Crippen LogP) is 15.7. The molecule has 6 aromatic rings. The second-order valence-electron chi connectivity index (χ2n) is 15.9. The quantitative estimate of drug-likeness (QED) is 0.0714. The molecule has 0 saturated heterocycles. The number of rotatable bonds is 16. The molecule has 0 bridgehead atoms. The van der Waals surface area contributed by atoms with E-state index in [0.29, 0.717) is 0 Å². The zero-order chi connectivity index (χ0) is 40.2. The second kappa shape index (κ2) is 18.4. The Labute approximate surface area is 362 Å². The third-order valence-corrected chi connectivity index (χ3v) is 17.8. The first-order valence-corrected chi connectivity index (χ1v) is 28.0. The minimum absolute atomic E-state index is 0.0558. The van der Waals surface area contributed by atoms with Crippen LogP contribution in [0.3, 0.4) is 0 Å². The molecule has 0 aromatic heterocycles. The zero-order valence-electron chi connectivity index (χ0n) is 33.2. The summed E-state index contributed by atoms with van der Waals surface area (Å²) in [5.41, 5.74) is 18.3. The summed E-state index contributed by atoms with van der Waals surface area (Å²) in [6, 6.07) is 44.8. The van der Waals surface area contributed by atoms with Crippen LogP contribution in [0.25, 0.3) is 55.6 Å². The van der Waals surface area contributed by atoms with Crippen LogP contribution in [0, 0.1) is 0 Å². The van der Waals surface area contributed by atoms with Crippen LogP contribution in [0.15, 0.2) is 126 Å². The molecule has 0 heterocycles. The molecule has 2 aliphatic carbocycles. The molecule has 0 fully saturated rings. The Hall–Kier alpha value is -3.47. The van der Waals surface area contributed by atoms with Crippen molar-refractivity contribution in [3.05, 3.63) is 144 Å². The van der Waals surface area contributed by atoms with Gasteiger partial charge in [-0.3, -0.25) is 9.13 Å². The minimum Gasteiger partial charge on any atom is -0.265 e. The van der Waals surface area contributed by atoms with E-state index in [1.165, 1.54) is 135 Å². The van der Waals surface area contributed by atoms with E-state index in [1.807, 2.05) is 12.1 Å². The average molecular weight is 871 g/mol. The highest BCUT2D eigenvalue weighted by Crippen LogP contribution is 2.56. The molecule has 58 heavy (non-hydrogen) atoms. The first-order chi connectivity index (χ1) is 28.3. The summed E-state index contributed by atoms with van der Waals surface area (Å²) < 4.78 is 24.0. The summed E-state index contributed by atoms with van der Waals surface area (Å²) in [5.74, 6) is -1.71. The molecule has 2 atom stereocenters. The molecular formula is C50H48O2P2S4. The maximum atomic E-state index is 12.3. The third-order valence-electron chi connectivity index (χ3n) is 12.3. The lowest BCUT2D eigenvalue weighted by atomic mass is 9.70. The summed E-state index contributed by atoms with van der Waals surface area (Å²) in [6.07, 6.45) is 13.2. The van der Waals surface area contributed by atoms with Gasteiger partial charge in [-0.15, -0.1) is 0 Å². The van der Waals surface area contributed by atoms with Crippen LogP contribution in [0.2, 0.25) is 0 Å². The maximum Gasteiger partial charge on any atom is 0.231 e. The maximum absolute atomic E-state index is 12.3. The van der Waals surface area contributed by atoms with Crippen LogP contribution in [-0.2, 0) is 53.5 Å². The standard InChI is InChI=1S/C50H48O2P2S4/c1-3-5-7-9-27-50(28-10-8-6-4-2)48-32-38(35-17-23-43(24-18-35)57-54(52)55)19-25-44(48)45-26-20-39(33-49(45)50)37-12-14-41-29-40-13-11-36(30-46(40)47(41)31-37)34-15-21-42(22-16-34)53(51)58-56/h11-26,30-33H,3-10,27-29H2,1-2H3. The van der Waals surface area contributed by atoms with Gasteiger partial charge in [-0.1, -0.05) is 138 Å². The van der Waals surface area contributed by atoms with Crippen LogP contribution in [0.5, 0.6) is 0 Å². The van der Waals surface area contributed by atoms with Crippen LogP contribution in [0.4, 0.5) is 0 Å². The molecule has 294 valence electrons. The largest absolute Gasteiger partial charge is 0.265 e. The first-order valence-electron chi connectivity index (χ1n) is 20.7. The van der Waals surface area contributed by atoms with E-state index in [-0.39, 0.29) is 5.41 Å². The Morgan fingerprint density at radius 1 is 0.534 bits per heavy atom. The molecule has 2 aliphatic rings. The van der Waals surface area contributed by atoms with Crippen molar-refractivity contribution in [2.75, 3.05) is 0 Å². The van der Waals surface area contributed by atoms with Gasteiger partial charge in [-0.2, -0.15) is 0 Å². The highest BCUT2D eigenvalue weighted by molar-refractivity contribution is 8.60. The SMILES string of the molecule is CCCCCCC1(CCCCCC)c2cc(-c3ccc(SP(=O)=S)cc3)ccc2-c2ccc(-c3ccc4c(c3)-c3cc(-c5ccc(P(=O)=S=S)cc5)ccc3C4)cc21. The fourth-order valence-electron chi connectivity index (χ4n) is 9.37. The third kappa shape index (κ3) is 8.44. The van der Waals surface area contributed by atoms with Gasteiger partial charge in [0.15, 0.2) is 6.58 Å². The molecule has 0 amide bonds. The van der Waals surface area contributed by atoms with Gasteiger partial charge in [0, 0.05) is 15.6 Å². The highest BCUT2D eigenvalue weighted by Gasteiger charge is 2.42. The average Bonchev–Trinajstić information content (AvgIpc) is 3.75. The van der Waals surface area contributed by atoms with E-state index in [1.54, 1.807) is 0 Å². The Bertz CT molecular complexity index is 2650. The topological polar surface area (TPSA) is 34.1 Å². The van der Waals surface area contributed by atoms with E-state index in [2.05, 4.69) is 123 Å². The van der Waals surface area contributed by atoms with Crippen molar-refractivity contribution >= 4 is 61.5 Å². The van der Waals surface area contributed by atoms with Crippen LogP contribution >= 0.6 is 23.7 Å². The van der Waals surface area contributed by atoms with E-state index in [4.69, 9.17) is 23.0 Å². The lowest BCUT2D eigenvalue weighted by Crippen LogP contribution is -2.25. The zero-order valence-corrected chi connectivity index (χ0v) is 38.2. The fraction of sp³-hybridized carbons (Fsp3) is 0.280. The Morgan fingerprint density at radius 3 is 1.48 bits per heavy atom. The van der Waals surface area contributed by atoms with Crippen molar-refractivity contribution < 1.29 is 9.13 Å². The van der Waals surface area contributed by atoms with Gasteiger partial charge in [0.1, 0.15) is 0 Å². The number of fused-ring (bicyclic) bond motifs is 6. The van der Waals surface area contributed by atoms with Crippen molar-refractivity contribution in [2.24, 2.45) is 0 Å². The molecule has 2 unspecified atom stereocenters. The van der Waals surface area contributed by atoms with Crippen LogP contribution in [0.1, 0.15) is 100 Å². The summed E-state index contributed by atoms with van der Waals surface area (Å²) in [6.45, 7) is 3.01. The summed E-state index contributed by atoms with van der Waals surface area (Å²) in [5, 5.41) is 0.785. The first kappa shape index (κ1) is 41.3. The number of unbranched alkanes of at least 4 members (excludes halogenated alkanes) is 6. The van der Waals surface area contributed by atoms with Gasteiger partial charge >= 0.3 is 0 Å². The van der Waals surface area contributed by atoms with Gasteiger partial charge in [-0.25, -0.2) is 0 Å². The minimum atomic E-state index is -1.71. The van der Waals surface area contributed by atoms with Crippen molar-refractivity contribution in [3.63, 3.8) is 0 Å². The number of hydrogen-bond acceptors (Lipinski definition) is 5. The number of benzene rings is 6. The summed E-state index contributed by atoms with van der Waals surface area (Å²) >= 11 is 11.2. The van der Waals surface area contributed by atoms with E-state index in [9.17, 15) is 9.13 Å². The lowest BCUT2D eigenvalue weighted by Gasteiger charge is -2.33. The van der Waals surface area contributed by atoms with Crippen molar-refractivity contribution in [3.8, 4) is 55.6 Å². The smallest absolute Gasteiger partial charge is 0.231 e. The molecule has 8 rings (SSSR count). The molecule has 8 heteroatoms. The highest BCUT2D eigenvalue weighted by atomic mass is 32.9. The molecule has 0 radical (unpaired) electrons. The van der Waals surface area contributed by atoms with Gasteiger partial charge in [-0.05, 0) is 190 Å². The van der Waals surface area contributed by atoms with Gasteiger partial charge < -0.3 is 0 Å². The fourth-order valence-corrected chi connectivity index (χ4v) is 13.3. The van der Waals surface area contributed by atoms with Crippen LogP contribution < -0.4 is 5.30 Å². The lowest BCUT2D eigenvalue weighted by molar-refractivity contribution is 0.401. The van der Waals surface area contributed by atoms with Gasteiger partial charge in [0.05, 0.1) is 0 Å². The number of hydrogen-bond donors (Lipinski definition) is 0. The Morgan fingerprint density at radius 2 is 0.983 bits per heavy atom. The second-order valence-corrected chi connectivity index (χ2v) is 24.2. The van der Waals surface area contributed by atoms with Crippen molar-refractivity contribution in [1.29, 1.82) is 0 Å². The summed E-state index contributed by atoms with van der Waals surface area (Å²) in [7, 11) is 0.984. The van der Waals surface area contributed by atoms with E-state index < -0.39 is 12.4 Å². The summed E-state index contributed by atoms with van der Waals surface area (Å²) in [4.78, 5) is 0.950. The predicted molar refractivity (Wildman–Crippen MR) is 258 cm³/mol. The molecule has 0 saturated carbocycles. The Kier molecular flexibility index (Phi) is 13.1. The molecular weight excluding hydrogens is 823 g/mol. The van der Waals surface area contributed by atoms with Gasteiger partial charge in [0.25, 0.3) is 0 Å². The van der Waals surface area contributed by atoms with Crippen molar-refractivity contribution in [1.82, 2.24) is 0 Å². The molecule has 2 nitrogen and oxygen atoms in total. The molecule has 0 aliphatic heterocycles. The van der Waals surface area contributed by atoms with Crippen molar-refractivity contribution in [2.45, 2.75) is 94.8 Å². The monoisotopic (exact) mass is 870 g/mol. The molecule has 0 N–H and O–H groups in total. The normalized spacial score (nSPS) is 13.7.